The number of carbonyl (C=O) groups is 2. The molecule has 1 aromatic heterocycles. The summed E-state index contributed by atoms with van der Waals surface area (Å²) in [7, 11) is 1.63. The van der Waals surface area contributed by atoms with Crippen molar-refractivity contribution in [2.24, 2.45) is 0 Å². The molecule has 2 aromatic carbocycles. The number of aromatic nitrogens is 1. The van der Waals surface area contributed by atoms with Crippen molar-refractivity contribution in [2.75, 3.05) is 19.0 Å². The van der Waals surface area contributed by atoms with Gasteiger partial charge in [0.25, 0.3) is 0 Å². The first-order valence-corrected chi connectivity index (χ1v) is 8.88. The molecule has 0 aliphatic rings. The highest BCUT2D eigenvalue weighted by atomic mass is 16.5. The Hall–Kier alpha value is -3.05. The Kier molecular flexibility index (Phi) is 5.94. The fourth-order valence-electron chi connectivity index (χ4n) is 2.99. The number of ether oxygens (including phenoxy) is 1. The molecule has 3 rings (SSSR count). The maximum absolute atomic E-state index is 12.8. The molecule has 0 unspecified atom stereocenters. The number of hydrogen-bond acceptors (Lipinski definition) is 4. The van der Waals surface area contributed by atoms with E-state index < -0.39 is 0 Å². The number of anilines is 1. The lowest BCUT2D eigenvalue weighted by Crippen LogP contribution is -2.05. The van der Waals surface area contributed by atoms with Crippen LogP contribution >= 0.6 is 0 Å². The second-order valence-corrected chi connectivity index (χ2v) is 6.35. The Morgan fingerprint density at radius 3 is 2.52 bits per heavy atom. The van der Waals surface area contributed by atoms with Gasteiger partial charge in [-0.3, -0.25) is 9.59 Å². The second-order valence-electron chi connectivity index (χ2n) is 6.35. The highest BCUT2D eigenvalue weighted by Crippen LogP contribution is 2.27. The van der Waals surface area contributed by atoms with E-state index in [1.54, 1.807) is 7.11 Å². The highest BCUT2D eigenvalue weighted by Gasteiger charge is 2.14. The van der Waals surface area contributed by atoms with Gasteiger partial charge in [-0.1, -0.05) is 30.3 Å². The van der Waals surface area contributed by atoms with E-state index in [-0.39, 0.29) is 11.7 Å². The van der Waals surface area contributed by atoms with Crippen LogP contribution in [0.4, 0.5) is 5.69 Å². The fourth-order valence-corrected chi connectivity index (χ4v) is 2.99. The van der Waals surface area contributed by atoms with Gasteiger partial charge in [-0.2, -0.15) is 0 Å². The van der Waals surface area contributed by atoms with Crippen LogP contribution in [-0.2, 0) is 9.53 Å². The van der Waals surface area contributed by atoms with Gasteiger partial charge >= 0.3 is 0 Å². The Morgan fingerprint density at radius 1 is 1.07 bits per heavy atom. The summed E-state index contributed by atoms with van der Waals surface area (Å²) in [6.45, 7) is 2.03. The quantitative estimate of drug-likeness (QED) is 0.497. The van der Waals surface area contributed by atoms with Gasteiger partial charge in [0.1, 0.15) is 0 Å². The zero-order chi connectivity index (χ0) is 19.2. The minimum atomic E-state index is -0.115. The van der Waals surface area contributed by atoms with Crippen molar-refractivity contribution in [3.63, 3.8) is 0 Å². The van der Waals surface area contributed by atoms with Gasteiger partial charge in [0, 0.05) is 49.3 Å². The number of fused-ring (bicyclic) bond motifs is 1. The molecule has 0 bridgehead atoms. The maximum Gasteiger partial charge on any atom is 0.221 e. The van der Waals surface area contributed by atoms with E-state index in [1.807, 2.05) is 54.6 Å². The standard InChI is InChI=1S/C22H22N2O3/c1-15(25)23-17-11-9-16(10-12-17)21-14-19(22(26)8-5-13-27-2)18-6-3-4-7-20(18)24-21/h3-4,6-7,9-12,14H,5,8,13H2,1-2H3,(H,23,25). The van der Waals surface area contributed by atoms with Crippen LogP contribution in [0.15, 0.2) is 54.6 Å². The van der Waals surface area contributed by atoms with E-state index in [2.05, 4.69) is 5.32 Å². The van der Waals surface area contributed by atoms with Crippen LogP contribution in [0.2, 0.25) is 0 Å². The van der Waals surface area contributed by atoms with Crippen LogP contribution in [0.25, 0.3) is 22.2 Å². The van der Waals surface area contributed by atoms with Crippen LogP contribution in [0.1, 0.15) is 30.1 Å². The number of methoxy groups -OCH3 is 1. The number of amides is 1. The largest absolute Gasteiger partial charge is 0.385 e. The van der Waals surface area contributed by atoms with Gasteiger partial charge in [0.05, 0.1) is 11.2 Å². The minimum absolute atomic E-state index is 0.0850. The Labute approximate surface area is 158 Å². The zero-order valence-electron chi connectivity index (χ0n) is 15.5. The summed E-state index contributed by atoms with van der Waals surface area (Å²) in [4.78, 5) is 28.6. The zero-order valence-corrected chi connectivity index (χ0v) is 15.5. The van der Waals surface area contributed by atoms with Crippen molar-refractivity contribution in [2.45, 2.75) is 19.8 Å². The van der Waals surface area contributed by atoms with Crippen molar-refractivity contribution in [1.82, 2.24) is 4.98 Å². The lowest BCUT2D eigenvalue weighted by molar-refractivity contribution is -0.114. The molecule has 0 saturated heterocycles. The van der Waals surface area contributed by atoms with E-state index in [9.17, 15) is 9.59 Å². The SMILES string of the molecule is COCCCC(=O)c1cc(-c2ccc(NC(C)=O)cc2)nc2ccccc12. The molecule has 3 aromatic rings. The molecule has 1 heterocycles. The van der Waals surface area contributed by atoms with Crippen LogP contribution in [0.3, 0.4) is 0 Å². The predicted molar refractivity (Wildman–Crippen MR) is 107 cm³/mol. The van der Waals surface area contributed by atoms with E-state index in [4.69, 9.17) is 9.72 Å². The first-order valence-electron chi connectivity index (χ1n) is 8.88. The van der Waals surface area contributed by atoms with Crippen molar-refractivity contribution < 1.29 is 14.3 Å². The van der Waals surface area contributed by atoms with Gasteiger partial charge in [0.15, 0.2) is 5.78 Å². The first kappa shape index (κ1) is 18.7. The Balaban J connectivity index is 1.98. The number of rotatable bonds is 7. The number of ketones is 1. The first-order chi connectivity index (χ1) is 13.1. The third-order valence-electron chi connectivity index (χ3n) is 4.27. The summed E-state index contributed by atoms with van der Waals surface area (Å²) in [6, 6.07) is 17.0. The average Bonchev–Trinajstić information content (AvgIpc) is 2.67. The summed E-state index contributed by atoms with van der Waals surface area (Å²) in [5, 5.41) is 3.61. The lowest BCUT2D eigenvalue weighted by atomic mass is 9.99. The van der Waals surface area contributed by atoms with Crippen molar-refractivity contribution >= 4 is 28.3 Å². The molecule has 0 radical (unpaired) electrons. The summed E-state index contributed by atoms with van der Waals surface area (Å²) in [6.07, 6.45) is 1.12. The highest BCUT2D eigenvalue weighted by molar-refractivity contribution is 6.08. The average molecular weight is 362 g/mol. The number of para-hydroxylation sites is 1. The monoisotopic (exact) mass is 362 g/mol. The van der Waals surface area contributed by atoms with Crippen LogP contribution in [-0.4, -0.2) is 30.4 Å². The topological polar surface area (TPSA) is 68.3 Å². The van der Waals surface area contributed by atoms with Crippen LogP contribution in [0, 0.1) is 0 Å². The number of pyridine rings is 1. The van der Waals surface area contributed by atoms with E-state index in [0.717, 1.165) is 27.8 Å². The Bertz CT molecular complexity index is 965. The smallest absolute Gasteiger partial charge is 0.221 e. The normalized spacial score (nSPS) is 10.7. The molecule has 5 heteroatoms. The number of nitrogens with zero attached hydrogens (tertiary/aromatic N) is 1. The summed E-state index contributed by atoms with van der Waals surface area (Å²) < 4.78 is 5.05. The van der Waals surface area contributed by atoms with Crippen molar-refractivity contribution in [3.05, 3.63) is 60.2 Å². The third-order valence-corrected chi connectivity index (χ3v) is 4.27. The molecule has 0 atom stereocenters. The van der Waals surface area contributed by atoms with Gasteiger partial charge < -0.3 is 10.1 Å². The number of hydrogen-bond donors (Lipinski definition) is 1. The number of carbonyl (C=O) groups excluding carboxylic acids is 2. The fraction of sp³-hybridized carbons (Fsp3) is 0.227. The predicted octanol–water partition coefficient (Wildman–Crippen LogP) is 4.47. The molecule has 0 aliphatic heterocycles. The minimum Gasteiger partial charge on any atom is -0.385 e. The molecule has 0 spiro atoms. The van der Waals surface area contributed by atoms with Gasteiger partial charge in [-0.15, -0.1) is 0 Å². The van der Waals surface area contributed by atoms with Gasteiger partial charge in [0.2, 0.25) is 5.91 Å². The van der Waals surface area contributed by atoms with Gasteiger partial charge in [-0.05, 0) is 30.7 Å². The number of Topliss-reactive ketones (excluding diaryl/α,β-unsaturated/α-hetero) is 1. The third kappa shape index (κ3) is 4.57. The molecule has 27 heavy (non-hydrogen) atoms. The molecule has 138 valence electrons. The summed E-state index contributed by atoms with van der Waals surface area (Å²) in [5.74, 6) is -0.0303. The molecular formula is C22H22N2O3. The van der Waals surface area contributed by atoms with E-state index in [0.29, 0.717) is 25.0 Å². The van der Waals surface area contributed by atoms with Crippen molar-refractivity contribution in [1.29, 1.82) is 0 Å². The van der Waals surface area contributed by atoms with E-state index in [1.165, 1.54) is 6.92 Å². The van der Waals surface area contributed by atoms with Crippen molar-refractivity contribution in [3.8, 4) is 11.3 Å². The maximum atomic E-state index is 12.8. The number of nitrogens with one attached hydrogen (secondary N) is 1. The molecule has 1 N–H and O–H groups in total. The molecule has 0 aliphatic carbocycles. The van der Waals surface area contributed by atoms with Gasteiger partial charge in [-0.25, -0.2) is 4.98 Å². The van der Waals surface area contributed by atoms with Crippen LogP contribution in [0.5, 0.6) is 0 Å². The summed E-state index contributed by atoms with van der Waals surface area (Å²) in [5.41, 5.74) is 3.82. The lowest BCUT2D eigenvalue weighted by Gasteiger charge is -2.10. The van der Waals surface area contributed by atoms with Crippen LogP contribution < -0.4 is 5.32 Å². The second kappa shape index (κ2) is 8.56. The Morgan fingerprint density at radius 2 is 1.81 bits per heavy atom. The molecular weight excluding hydrogens is 340 g/mol. The molecule has 0 fully saturated rings. The number of benzene rings is 2. The molecule has 0 saturated carbocycles. The molecule has 5 nitrogen and oxygen atoms in total. The van der Waals surface area contributed by atoms with E-state index >= 15 is 0 Å². The molecule has 1 amide bonds. The summed E-state index contributed by atoms with van der Waals surface area (Å²) >= 11 is 0.